The second-order valence-electron chi connectivity index (χ2n) is 5.18. The van der Waals surface area contributed by atoms with Crippen molar-refractivity contribution in [2.45, 2.75) is 39.5 Å². The second kappa shape index (κ2) is 10.9. The van der Waals surface area contributed by atoms with Crippen molar-refractivity contribution >= 4 is 7.49 Å². The molecule has 0 heterocycles. The van der Waals surface area contributed by atoms with Gasteiger partial charge in [0, 0.05) is 0 Å². The molecule has 0 aromatic carbocycles. The van der Waals surface area contributed by atoms with E-state index >= 15 is 0 Å². The van der Waals surface area contributed by atoms with E-state index < -0.39 is 7.49 Å². The van der Waals surface area contributed by atoms with E-state index in [1.54, 1.807) is 6.08 Å². The van der Waals surface area contributed by atoms with Gasteiger partial charge in [0.2, 0.25) is 0 Å². The van der Waals surface area contributed by atoms with Gasteiger partial charge < -0.3 is 0 Å². The number of unbranched alkanes of at least 4 members (excludes halogenated alkanes) is 1. The van der Waals surface area contributed by atoms with Crippen LogP contribution in [0.4, 0.5) is 0 Å². The summed E-state index contributed by atoms with van der Waals surface area (Å²) in [5.74, 6) is 0.542. The average molecular weight is 298 g/mol. The van der Waals surface area contributed by atoms with Gasteiger partial charge in [-0.2, -0.15) is 0 Å². The minimum absolute atomic E-state index is 0.411. The molecule has 0 radical (unpaired) electrons. The standard InChI is InChI=1S/C17H31O2P/c1-6-10-13-20(18,15-19-16(5)8-3)14-12-17(9-4)11-7-2/h8-9,11,18,20H,3-7,10,12-15H2,1-2H3/b17-11+. The first-order chi connectivity index (χ1) is 9.51. The fraction of sp³-hybridized carbons (Fsp3) is 0.529. The maximum atomic E-state index is 10.9. The first kappa shape index (κ1) is 19.1. The van der Waals surface area contributed by atoms with E-state index in [0.717, 1.165) is 38.0 Å². The van der Waals surface area contributed by atoms with Gasteiger partial charge in [-0.1, -0.05) is 0 Å². The van der Waals surface area contributed by atoms with Crippen LogP contribution in [0.25, 0.3) is 0 Å². The van der Waals surface area contributed by atoms with E-state index in [2.05, 4.69) is 39.7 Å². The fourth-order valence-electron chi connectivity index (χ4n) is 1.99. The minimum atomic E-state index is -2.38. The third kappa shape index (κ3) is 8.35. The van der Waals surface area contributed by atoms with Gasteiger partial charge in [0.25, 0.3) is 0 Å². The first-order valence-corrected chi connectivity index (χ1v) is 10.1. The van der Waals surface area contributed by atoms with Crippen LogP contribution in [-0.2, 0) is 4.74 Å². The number of hydrogen-bond donors (Lipinski definition) is 1. The predicted octanol–water partition coefficient (Wildman–Crippen LogP) is 5.03. The van der Waals surface area contributed by atoms with E-state index in [0.29, 0.717) is 12.1 Å². The summed E-state index contributed by atoms with van der Waals surface area (Å²) in [5, 5.41) is 0. The molecule has 116 valence electrons. The van der Waals surface area contributed by atoms with Gasteiger partial charge in [0.1, 0.15) is 0 Å². The van der Waals surface area contributed by atoms with E-state index in [1.807, 2.05) is 6.08 Å². The van der Waals surface area contributed by atoms with Gasteiger partial charge in [0.05, 0.1) is 0 Å². The third-order valence-electron chi connectivity index (χ3n) is 3.36. The van der Waals surface area contributed by atoms with E-state index in [1.165, 1.54) is 5.57 Å². The number of ether oxygens (including phenoxy) is 1. The average Bonchev–Trinajstić information content (AvgIpc) is 2.47. The molecule has 2 nitrogen and oxygen atoms in total. The Morgan fingerprint density at radius 3 is 2.40 bits per heavy atom. The molecule has 0 saturated carbocycles. The molecule has 3 heteroatoms. The van der Waals surface area contributed by atoms with Crippen molar-refractivity contribution in [2.75, 3.05) is 18.7 Å². The van der Waals surface area contributed by atoms with Crippen molar-refractivity contribution in [2.24, 2.45) is 0 Å². The molecule has 1 N–H and O–H groups in total. The van der Waals surface area contributed by atoms with Crippen LogP contribution in [0.1, 0.15) is 39.5 Å². The van der Waals surface area contributed by atoms with Crippen molar-refractivity contribution in [3.8, 4) is 0 Å². The third-order valence-corrected chi connectivity index (χ3v) is 6.50. The monoisotopic (exact) mass is 298 g/mol. The molecule has 0 aliphatic carbocycles. The Kier molecular flexibility index (Phi) is 10.4. The molecular weight excluding hydrogens is 267 g/mol. The van der Waals surface area contributed by atoms with Crippen LogP contribution < -0.4 is 0 Å². The number of hydrogen-bond acceptors (Lipinski definition) is 2. The fourth-order valence-corrected chi connectivity index (χ4v) is 4.75. The summed E-state index contributed by atoms with van der Waals surface area (Å²) in [5.41, 5.74) is 1.22. The van der Waals surface area contributed by atoms with Gasteiger partial charge in [-0.3, -0.25) is 0 Å². The molecule has 0 fully saturated rings. The Bertz CT molecular complexity index is 347. The Morgan fingerprint density at radius 2 is 1.90 bits per heavy atom. The van der Waals surface area contributed by atoms with Crippen LogP contribution >= 0.6 is 7.49 Å². The zero-order chi connectivity index (χ0) is 15.4. The summed E-state index contributed by atoms with van der Waals surface area (Å²) >= 11 is 0. The van der Waals surface area contributed by atoms with Gasteiger partial charge in [-0.25, -0.2) is 0 Å². The topological polar surface area (TPSA) is 29.5 Å². The molecule has 0 amide bonds. The molecule has 0 bridgehead atoms. The molecule has 0 unspecified atom stereocenters. The zero-order valence-corrected chi connectivity index (χ0v) is 14.2. The van der Waals surface area contributed by atoms with Crippen molar-refractivity contribution in [3.05, 3.63) is 49.3 Å². The van der Waals surface area contributed by atoms with Gasteiger partial charge in [-0.15, -0.1) is 0 Å². The summed E-state index contributed by atoms with van der Waals surface area (Å²) in [6, 6.07) is 0. The quantitative estimate of drug-likeness (QED) is 0.311. The van der Waals surface area contributed by atoms with Gasteiger partial charge >= 0.3 is 125 Å². The van der Waals surface area contributed by atoms with Crippen molar-refractivity contribution in [1.82, 2.24) is 0 Å². The number of rotatable bonds is 12. The molecule has 0 rings (SSSR count). The molecule has 0 saturated heterocycles. The molecule has 0 aromatic rings. The van der Waals surface area contributed by atoms with Crippen molar-refractivity contribution in [3.63, 3.8) is 0 Å². The SMILES string of the molecule is C=CC(=C)OC[PH](O)(CCCC)CC/C(C=C)=C/CC. The summed E-state index contributed by atoms with van der Waals surface area (Å²) in [4.78, 5) is 10.9. The summed E-state index contributed by atoms with van der Waals surface area (Å²) in [6.07, 6.45) is 11.8. The number of allylic oxidation sites excluding steroid dienone is 4. The second-order valence-corrected chi connectivity index (χ2v) is 8.92. The Morgan fingerprint density at radius 1 is 1.20 bits per heavy atom. The summed E-state index contributed by atoms with van der Waals surface area (Å²) in [6.45, 7) is 15.5. The molecular formula is C17H31O2P. The molecule has 0 atom stereocenters. The van der Waals surface area contributed by atoms with E-state index in [9.17, 15) is 4.89 Å². The molecule has 20 heavy (non-hydrogen) atoms. The van der Waals surface area contributed by atoms with Crippen LogP contribution in [0.15, 0.2) is 49.3 Å². The first-order valence-electron chi connectivity index (χ1n) is 7.49. The maximum absolute atomic E-state index is 10.9. The van der Waals surface area contributed by atoms with Crippen LogP contribution in [0.2, 0.25) is 0 Å². The summed E-state index contributed by atoms with van der Waals surface area (Å²) in [7, 11) is -2.38. The molecule has 0 aliphatic heterocycles. The molecule has 0 spiro atoms. The van der Waals surface area contributed by atoms with Crippen molar-refractivity contribution < 1.29 is 9.63 Å². The van der Waals surface area contributed by atoms with Gasteiger partial charge in [-0.05, 0) is 0 Å². The Balaban J connectivity index is 4.58. The normalized spacial score (nSPS) is 12.8. The van der Waals surface area contributed by atoms with E-state index in [4.69, 9.17) is 4.74 Å². The molecule has 0 aromatic heterocycles. The Hall–Kier alpha value is -0.850. The predicted molar refractivity (Wildman–Crippen MR) is 93.7 cm³/mol. The van der Waals surface area contributed by atoms with Crippen LogP contribution in [-0.4, -0.2) is 23.6 Å². The summed E-state index contributed by atoms with van der Waals surface area (Å²) < 4.78 is 5.53. The molecule has 0 aliphatic rings. The zero-order valence-electron chi connectivity index (χ0n) is 13.2. The van der Waals surface area contributed by atoms with Crippen LogP contribution in [0.3, 0.4) is 0 Å². The Labute approximate surface area is 125 Å². The van der Waals surface area contributed by atoms with Crippen molar-refractivity contribution in [1.29, 1.82) is 0 Å². The van der Waals surface area contributed by atoms with Crippen LogP contribution in [0.5, 0.6) is 0 Å². The van der Waals surface area contributed by atoms with E-state index in [-0.39, 0.29) is 0 Å². The van der Waals surface area contributed by atoms with Crippen LogP contribution in [0, 0.1) is 0 Å². The van der Waals surface area contributed by atoms with Gasteiger partial charge in [0.15, 0.2) is 0 Å².